The molecule has 0 saturated heterocycles. The third-order valence-electron chi connectivity index (χ3n) is 5.15. The Morgan fingerprint density at radius 1 is 0.917 bits per heavy atom. The minimum absolute atomic E-state index is 0.339. The van der Waals surface area contributed by atoms with Gasteiger partial charge in [-0.1, -0.05) is 55.7 Å². The van der Waals surface area contributed by atoms with Crippen molar-refractivity contribution in [2.75, 3.05) is 6.61 Å². The van der Waals surface area contributed by atoms with Gasteiger partial charge in [0.15, 0.2) is 0 Å². The summed E-state index contributed by atoms with van der Waals surface area (Å²) in [6.45, 7) is 0.992. The second-order valence-corrected chi connectivity index (χ2v) is 6.89. The Morgan fingerprint density at radius 3 is 2.12 bits per heavy atom. The van der Waals surface area contributed by atoms with Gasteiger partial charge in [0.1, 0.15) is 0 Å². The highest BCUT2D eigenvalue weighted by Gasteiger charge is 2.17. The van der Waals surface area contributed by atoms with Crippen LogP contribution in [0.25, 0.3) is 21.8 Å². The molecule has 0 amide bonds. The molecule has 126 valence electrons. The predicted octanol–water partition coefficient (Wildman–Crippen LogP) is 4.50. The molecule has 1 aromatic heterocycles. The van der Waals surface area contributed by atoms with Crippen molar-refractivity contribution in [3.05, 3.63) is 48.5 Å². The Balaban J connectivity index is 1.54. The van der Waals surface area contributed by atoms with Crippen molar-refractivity contribution in [2.24, 2.45) is 0 Å². The first-order valence-corrected chi connectivity index (χ1v) is 9.08. The fourth-order valence-electron chi connectivity index (χ4n) is 3.94. The summed E-state index contributed by atoms with van der Waals surface area (Å²) in [5, 5.41) is 13.0. The van der Waals surface area contributed by atoms with Crippen LogP contribution in [-0.2, 0) is 11.3 Å². The summed E-state index contributed by atoms with van der Waals surface area (Å²) >= 11 is 0. The topological polar surface area (TPSA) is 34.4 Å². The molecule has 4 rings (SSSR count). The fourth-order valence-corrected chi connectivity index (χ4v) is 3.94. The Bertz CT molecular complexity index is 764. The van der Waals surface area contributed by atoms with E-state index in [4.69, 9.17) is 4.74 Å². The molecule has 0 spiro atoms. The molecular weight excluding hydrogens is 298 g/mol. The number of aromatic nitrogens is 1. The number of ether oxygens (including phenoxy) is 1. The molecule has 1 aliphatic carbocycles. The molecule has 2 aromatic carbocycles. The smallest absolute Gasteiger partial charge is 0.0952 e. The average molecular weight is 323 g/mol. The van der Waals surface area contributed by atoms with E-state index in [2.05, 4.69) is 53.1 Å². The third kappa shape index (κ3) is 3.06. The molecule has 3 nitrogen and oxygen atoms in total. The zero-order valence-electron chi connectivity index (χ0n) is 14.0. The Morgan fingerprint density at radius 2 is 1.50 bits per heavy atom. The van der Waals surface area contributed by atoms with Crippen LogP contribution in [0.15, 0.2) is 48.5 Å². The summed E-state index contributed by atoms with van der Waals surface area (Å²) in [7, 11) is 0. The summed E-state index contributed by atoms with van der Waals surface area (Å²) in [6.07, 6.45) is 5.98. The van der Waals surface area contributed by atoms with Crippen LogP contribution in [-0.4, -0.2) is 28.5 Å². The van der Waals surface area contributed by atoms with Crippen molar-refractivity contribution in [1.29, 1.82) is 0 Å². The minimum atomic E-state index is -0.480. The quantitative estimate of drug-likeness (QED) is 0.750. The van der Waals surface area contributed by atoms with E-state index in [1.54, 1.807) is 0 Å². The van der Waals surface area contributed by atoms with Crippen molar-refractivity contribution in [2.45, 2.75) is 50.9 Å². The van der Waals surface area contributed by atoms with E-state index in [0.29, 0.717) is 19.3 Å². The molecule has 0 radical (unpaired) electrons. The highest BCUT2D eigenvalue weighted by molar-refractivity contribution is 6.07. The Hall–Kier alpha value is -1.84. The number of fused-ring (bicyclic) bond motifs is 3. The van der Waals surface area contributed by atoms with Crippen LogP contribution in [0.1, 0.15) is 32.1 Å². The van der Waals surface area contributed by atoms with Gasteiger partial charge in [0.05, 0.1) is 25.4 Å². The normalized spacial score (nSPS) is 17.5. The van der Waals surface area contributed by atoms with Gasteiger partial charge in [0.2, 0.25) is 0 Å². The number of benzene rings is 2. The van der Waals surface area contributed by atoms with Crippen LogP contribution in [0.4, 0.5) is 0 Å². The fraction of sp³-hybridized carbons (Fsp3) is 0.429. The van der Waals surface area contributed by atoms with E-state index in [1.165, 1.54) is 41.1 Å². The van der Waals surface area contributed by atoms with E-state index in [-0.39, 0.29) is 0 Å². The third-order valence-corrected chi connectivity index (χ3v) is 5.15. The summed E-state index contributed by atoms with van der Waals surface area (Å²) in [6, 6.07) is 16.8. The van der Waals surface area contributed by atoms with Crippen molar-refractivity contribution >= 4 is 21.8 Å². The SMILES string of the molecule is O[C@@H](COC1CCCCC1)Cn1c2ccccc2c2ccccc21. The molecule has 1 fully saturated rings. The largest absolute Gasteiger partial charge is 0.389 e. The highest BCUT2D eigenvalue weighted by Crippen LogP contribution is 2.29. The second kappa shape index (κ2) is 6.96. The van der Waals surface area contributed by atoms with Crippen molar-refractivity contribution in [3.63, 3.8) is 0 Å². The van der Waals surface area contributed by atoms with E-state index in [0.717, 1.165) is 12.8 Å². The summed E-state index contributed by atoms with van der Waals surface area (Å²) in [4.78, 5) is 0. The first-order chi connectivity index (χ1) is 11.8. The lowest BCUT2D eigenvalue weighted by Crippen LogP contribution is -2.26. The number of aliphatic hydroxyl groups is 1. The highest BCUT2D eigenvalue weighted by atomic mass is 16.5. The molecule has 1 heterocycles. The van der Waals surface area contributed by atoms with Crippen molar-refractivity contribution in [1.82, 2.24) is 4.57 Å². The van der Waals surface area contributed by atoms with Gasteiger partial charge in [0, 0.05) is 21.8 Å². The monoisotopic (exact) mass is 323 g/mol. The summed E-state index contributed by atoms with van der Waals surface area (Å²) < 4.78 is 8.18. The number of rotatable bonds is 5. The molecule has 1 atom stereocenters. The molecule has 0 aliphatic heterocycles. The first-order valence-electron chi connectivity index (χ1n) is 9.08. The Kier molecular flexibility index (Phi) is 4.54. The van der Waals surface area contributed by atoms with Gasteiger partial charge >= 0.3 is 0 Å². The van der Waals surface area contributed by atoms with Crippen LogP contribution in [0, 0.1) is 0 Å². The maximum absolute atomic E-state index is 10.5. The lowest BCUT2D eigenvalue weighted by Gasteiger charge is -2.23. The molecular formula is C21H25NO2. The van der Waals surface area contributed by atoms with Gasteiger partial charge in [-0.05, 0) is 25.0 Å². The van der Waals surface area contributed by atoms with Gasteiger partial charge in [-0.2, -0.15) is 0 Å². The van der Waals surface area contributed by atoms with Gasteiger partial charge in [-0.3, -0.25) is 0 Å². The van der Waals surface area contributed by atoms with Crippen LogP contribution in [0.3, 0.4) is 0 Å². The molecule has 1 N–H and O–H groups in total. The van der Waals surface area contributed by atoms with Crippen molar-refractivity contribution < 1.29 is 9.84 Å². The van der Waals surface area contributed by atoms with E-state index in [9.17, 15) is 5.11 Å². The number of aliphatic hydroxyl groups excluding tert-OH is 1. The number of para-hydroxylation sites is 2. The maximum atomic E-state index is 10.5. The van der Waals surface area contributed by atoms with Gasteiger partial charge in [0.25, 0.3) is 0 Å². The molecule has 3 aromatic rings. The molecule has 0 bridgehead atoms. The molecule has 1 aliphatic rings. The van der Waals surface area contributed by atoms with E-state index < -0.39 is 6.10 Å². The number of nitrogens with zero attached hydrogens (tertiary/aromatic N) is 1. The zero-order chi connectivity index (χ0) is 16.4. The number of hydrogen-bond donors (Lipinski definition) is 1. The molecule has 24 heavy (non-hydrogen) atoms. The first kappa shape index (κ1) is 15.7. The Labute approximate surface area is 142 Å². The lowest BCUT2D eigenvalue weighted by molar-refractivity contribution is -0.0277. The summed E-state index contributed by atoms with van der Waals surface area (Å²) in [5.41, 5.74) is 2.35. The van der Waals surface area contributed by atoms with Gasteiger partial charge in [-0.15, -0.1) is 0 Å². The minimum Gasteiger partial charge on any atom is -0.389 e. The van der Waals surface area contributed by atoms with Gasteiger partial charge < -0.3 is 14.4 Å². The van der Waals surface area contributed by atoms with Crippen molar-refractivity contribution in [3.8, 4) is 0 Å². The van der Waals surface area contributed by atoms with E-state index in [1.807, 2.05) is 0 Å². The summed E-state index contributed by atoms with van der Waals surface area (Å²) in [5.74, 6) is 0. The predicted molar refractivity (Wildman–Crippen MR) is 98.3 cm³/mol. The zero-order valence-corrected chi connectivity index (χ0v) is 14.0. The molecule has 1 saturated carbocycles. The lowest BCUT2D eigenvalue weighted by atomic mass is 9.98. The van der Waals surface area contributed by atoms with Crippen LogP contribution < -0.4 is 0 Å². The van der Waals surface area contributed by atoms with Gasteiger partial charge in [-0.25, -0.2) is 0 Å². The maximum Gasteiger partial charge on any atom is 0.0952 e. The standard InChI is InChI=1S/C21H25NO2/c23-16(15-24-17-8-2-1-3-9-17)14-22-20-12-6-4-10-18(20)19-11-5-7-13-21(19)22/h4-7,10-13,16-17,23H,1-3,8-9,14-15H2/t16-/m1/s1. The van der Waals surface area contributed by atoms with E-state index >= 15 is 0 Å². The van der Waals surface area contributed by atoms with Crippen LogP contribution in [0.5, 0.6) is 0 Å². The molecule has 0 unspecified atom stereocenters. The molecule has 3 heteroatoms. The van der Waals surface area contributed by atoms with Crippen LogP contribution >= 0.6 is 0 Å². The van der Waals surface area contributed by atoms with Crippen LogP contribution in [0.2, 0.25) is 0 Å². The average Bonchev–Trinajstić information content (AvgIpc) is 2.95. The number of hydrogen-bond acceptors (Lipinski definition) is 2. The second-order valence-electron chi connectivity index (χ2n) is 6.89.